The van der Waals surface area contributed by atoms with Crippen LogP contribution in [-0.2, 0) is 4.74 Å². The smallest absolute Gasteiger partial charge is 0.204 e. The molecule has 1 fully saturated rings. The maximum Gasteiger partial charge on any atom is 0.204 e. The third-order valence-corrected chi connectivity index (χ3v) is 4.80. The van der Waals surface area contributed by atoms with Crippen LogP contribution in [-0.4, -0.2) is 26.9 Å². The monoisotopic (exact) mass is 368 g/mol. The minimum absolute atomic E-state index is 0.0348. The number of hydrogen-bond acceptors (Lipinski definition) is 3. The summed E-state index contributed by atoms with van der Waals surface area (Å²) in [6.45, 7) is 3.46. The maximum absolute atomic E-state index is 14.2. The minimum Gasteiger partial charge on any atom is -0.490 e. The van der Waals surface area contributed by atoms with Crippen LogP contribution in [0.15, 0.2) is 24.3 Å². The Balaban J connectivity index is 1.80. The van der Waals surface area contributed by atoms with Crippen LogP contribution >= 0.6 is 0 Å². The number of rotatable bonds is 10. The van der Waals surface area contributed by atoms with Gasteiger partial charge in [-0.15, -0.1) is 0 Å². The van der Waals surface area contributed by atoms with Gasteiger partial charge in [0, 0.05) is 7.11 Å². The quantitative estimate of drug-likeness (QED) is 0.401. The van der Waals surface area contributed by atoms with Crippen molar-refractivity contribution >= 4 is 0 Å². The van der Waals surface area contributed by atoms with E-state index in [2.05, 4.69) is 12.2 Å². The van der Waals surface area contributed by atoms with Gasteiger partial charge in [0.05, 0.1) is 19.8 Å². The second-order valence-corrected chi connectivity index (χ2v) is 6.87. The van der Waals surface area contributed by atoms with Gasteiger partial charge in [0.25, 0.3) is 0 Å². The van der Waals surface area contributed by atoms with Crippen molar-refractivity contribution in [3.63, 3.8) is 0 Å². The van der Waals surface area contributed by atoms with E-state index in [9.17, 15) is 8.78 Å². The topological polar surface area (TPSA) is 27.7 Å². The number of unbranched alkanes of at least 4 members (excludes halogenated alkanes) is 1. The molecule has 1 saturated carbocycles. The molecule has 0 aliphatic heterocycles. The first kappa shape index (κ1) is 20.7. The van der Waals surface area contributed by atoms with Crippen LogP contribution in [0.25, 0.3) is 0 Å². The summed E-state index contributed by atoms with van der Waals surface area (Å²) in [4.78, 5) is 0. The van der Waals surface area contributed by atoms with Crippen molar-refractivity contribution in [2.75, 3.05) is 26.9 Å². The molecule has 0 atom stereocenters. The molecule has 5 heteroatoms. The summed E-state index contributed by atoms with van der Waals surface area (Å²) < 4.78 is 44.1. The van der Waals surface area contributed by atoms with E-state index >= 15 is 0 Å². The molecule has 0 N–H and O–H groups in total. The number of ether oxygens (including phenoxy) is 3. The lowest BCUT2D eigenvalue weighted by atomic mass is 9.82. The fourth-order valence-corrected chi connectivity index (χ4v) is 3.16. The molecule has 1 aromatic carbocycles. The molecule has 146 valence electrons. The second-order valence-electron chi connectivity index (χ2n) is 6.87. The van der Waals surface area contributed by atoms with Crippen molar-refractivity contribution in [2.24, 2.45) is 11.8 Å². The van der Waals surface area contributed by atoms with Crippen molar-refractivity contribution < 1.29 is 23.0 Å². The van der Waals surface area contributed by atoms with E-state index in [0.29, 0.717) is 31.7 Å². The molecule has 2 rings (SSSR count). The Hall–Kier alpha value is -1.62. The van der Waals surface area contributed by atoms with Gasteiger partial charge in [0.1, 0.15) is 0 Å². The maximum atomic E-state index is 14.2. The molecular weight excluding hydrogens is 338 g/mol. The number of halogens is 2. The van der Waals surface area contributed by atoms with Gasteiger partial charge in [-0.3, -0.25) is 0 Å². The highest BCUT2D eigenvalue weighted by Gasteiger charge is 2.21. The molecule has 0 saturated heterocycles. The second kappa shape index (κ2) is 11.2. The van der Waals surface area contributed by atoms with Gasteiger partial charge in [-0.1, -0.05) is 25.5 Å². The summed E-state index contributed by atoms with van der Waals surface area (Å²) in [5, 5.41) is 0. The molecule has 0 unspecified atom stereocenters. The van der Waals surface area contributed by atoms with E-state index in [-0.39, 0.29) is 11.5 Å². The van der Waals surface area contributed by atoms with Crippen molar-refractivity contribution in [1.29, 1.82) is 0 Å². The highest BCUT2D eigenvalue weighted by Crippen LogP contribution is 2.32. The Morgan fingerprint density at radius 3 is 2.31 bits per heavy atom. The first-order valence-electron chi connectivity index (χ1n) is 9.54. The molecule has 0 heterocycles. The number of benzene rings is 1. The van der Waals surface area contributed by atoms with Crippen molar-refractivity contribution in [3.05, 3.63) is 35.9 Å². The molecule has 0 amide bonds. The SMILES string of the molecule is CCCCOc1ccc(OC[C@H]2CC[C@H](/C=C/COC)CC2)c(F)c1F. The van der Waals surface area contributed by atoms with Gasteiger partial charge in [-0.25, -0.2) is 0 Å². The lowest BCUT2D eigenvalue weighted by Crippen LogP contribution is -2.19. The van der Waals surface area contributed by atoms with Gasteiger partial charge in [-0.2, -0.15) is 8.78 Å². The average molecular weight is 368 g/mol. The standard InChI is InChI=1S/C21H30F2O3/c1-3-4-14-25-18-11-12-19(21(23)20(18)22)26-15-17-9-7-16(8-10-17)6-5-13-24-2/h5-6,11-12,16-17H,3-4,7-10,13-15H2,1-2H3/b6-5+/t16-,17-. The van der Waals surface area contributed by atoms with E-state index in [0.717, 1.165) is 38.5 Å². The highest BCUT2D eigenvalue weighted by atomic mass is 19.2. The van der Waals surface area contributed by atoms with E-state index in [1.165, 1.54) is 12.1 Å². The minimum atomic E-state index is -0.967. The van der Waals surface area contributed by atoms with Crippen LogP contribution < -0.4 is 9.47 Å². The van der Waals surface area contributed by atoms with Gasteiger partial charge < -0.3 is 14.2 Å². The molecule has 0 aromatic heterocycles. The van der Waals surface area contributed by atoms with Crippen molar-refractivity contribution in [1.82, 2.24) is 0 Å². The normalized spacial score (nSPS) is 20.5. The van der Waals surface area contributed by atoms with Gasteiger partial charge >= 0.3 is 0 Å². The van der Waals surface area contributed by atoms with Crippen LogP contribution in [0, 0.1) is 23.5 Å². The third-order valence-electron chi connectivity index (χ3n) is 4.80. The first-order chi connectivity index (χ1) is 12.7. The fourth-order valence-electron chi connectivity index (χ4n) is 3.16. The van der Waals surface area contributed by atoms with Crippen LogP contribution in [0.4, 0.5) is 8.78 Å². The molecule has 1 aliphatic rings. The van der Waals surface area contributed by atoms with E-state index in [1.54, 1.807) is 7.11 Å². The predicted molar refractivity (Wildman–Crippen MR) is 98.7 cm³/mol. The van der Waals surface area contributed by atoms with Gasteiger partial charge in [-0.05, 0) is 56.1 Å². The highest BCUT2D eigenvalue weighted by molar-refractivity contribution is 5.35. The summed E-state index contributed by atoms with van der Waals surface area (Å²) in [6.07, 6.45) is 10.3. The Bertz CT molecular complexity index is 567. The summed E-state index contributed by atoms with van der Waals surface area (Å²) in [5.41, 5.74) is 0. The first-order valence-corrected chi connectivity index (χ1v) is 9.54. The van der Waals surface area contributed by atoms with Crippen LogP contribution in [0.3, 0.4) is 0 Å². The zero-order chi connectivity index (χ0) is 18.8. The summed E-state index contributed by atoms with van der Waals surface area (Å²) in [7, 11) is 1.68. The molecule has 0 radical (unpaired) electrons. The van der Waals surface area contributed by atoms with E-state index in [1.807, 2.05) is 6.92 Å². The van der Waals surface area contributed by atoms with Crippen LogP contribution in [0.1, 0.15) is 45.4 Å². The summed E-state index contributed by atoms with van der Waals surface area (Å²) >= 11 is 0. The van der Waals surface area contributed by atoms with E-state index in [4.69, 9.17) is 14.2 Å². The predicted octanol–water partition coefficient (Wildman–Crippen LogP) is 5.53. The zero-order valence-corrected chi connectivity index (χ0v) is 15.8. The zero-order valence-electron chi connectivity index (χ0n) is 15.8. The average Bonchev–Trinajstić information content (AvgIpc) is 2.66. The number of allylic oxidation sites excluding steroid dienone is 1. The molecule has 0 bridgehead atoms. The molecular formula is C21H30F2O3. The van der Waals surface area contributed by atoms with Gasteiger partial charge in [0.15, 0.2) is 11.5 Å². The van der Waals surface area contributed by atoms with Crippen molar-refractivity contribution in [2.45, 2.75) is 45.4 Å². The molecule has 1 aromatic rings. The molecule has 3 nitrogen and oxygen atoms in total. The largest absolute Gasteiger partial charge is 0.490 e. The van der Waals surface area contributed by atoms with Crippen molar-refractivity contribution in [3.8, 4) is 11.5 Å². The Kier molecular flexibility index (Phi) is 8.89. The van der Waals surface area contributed by atoms with E-state index < -0.39 is 11.6 Å². The number of methoxy groups -OCH3 is 1. The van der Waals surface area contributed by atoms with Gasteiger partial charge in [0.2, 0.25) is 11.6 Å². The Morgan fingerprint density at radius 1 is 1.04 bits per heavy atom. The summed E-state index contributed by atoms with van der Waals surface area (Å²) in [6, 6.07) is 2.90. The lowest BCUT2D eigenvalue weighted by molar-refractivity contribution is 0.186. The fraction of sp³-hybridized carbons (Fsp3) is 0.619. The number of hydrogen-bond donors (Lipinski definition) is 0. The van der Waals surface area contributed by atoms with Crippen LogP contribution in [0.2, 0.25) is 0 Å². The van der Waals surface area contributed by atoms with Crippen LogP contribution in [0.5, 0.6) is 11.5 Å². The molecule has 1 aliphatic carbocycles. The Labute approximate surface area is 155 Å². The molecule has 26 heavy (non-hydrogen) atoms. The third kappa shape index (κ3) is 6.27. The molecule has 0 spiro atoms. The summed E-state index contributed by atoms with van der Waals surface area (Å²) in [5.74, 6) is -1.06. The lowest BCUT2D eigenvalue weighted by Gasteiger charge is -2.26. The Morgan fingerprint density at radius 2 is 1.69 bits per heavy atom.